The summed E-state index contributed by atoms with van der Waals surface area (Å²) in [7, 11) is 0. The minimum atomic E-state index is -0.332. The van der Waals surface area contributed by atoms with Crippen LogP contribution >= 0.6 is 0 Å². The average molecular weight is 222 g/mol. The zero-order valence-corrected chi connectivity index (χ0v) is 10.1. The van der Waals surface area contributed by atoms with Crippen molar-refractivity contribution in [3.63, 3.8) is 0 Å². The Balaban J connectivity index is 2.12. The molecule has 0 N–H and O–H groups in total. The van der Waals surface area contributed by atoms with Crippen LogP contribution in [0.25, 0.3) is 0 Å². The molecule has 3 aliphatic rings. The van der Waals surface area contributed by atoms with E-state index in [-0.39, 0.29) is 28.7 Å². The summed E-state index contributed by atoms with van der Waals surface area (Å²) >= 11 is 0. The maximum absolute atomic E-state index is 12.1. The highest BCUT2D eigenvalue weighted by atomic mass is 16.6. The number of fused-ring (bicyclic) bond motifs is 1. The molecule has 16 heavy (non-hydrogen) atoms. The second-order valence-corrected chi connectivity index (χ2v) is 6.54. The van der Waals surface area contributed by atoms with Crippen molar-refractivity contribution in [2.45, 2.75) is 40.0 Å². The highest BCUT2D eigenvalue weighted by Crippen LogP contribution is 2.68. The molecule has 3 rings (SSSR count). The van der Waals surface area contributed by atoms with E-state index in [2.05, 4.69) is 20.8 Å². The highest BCUT2D eigenvalue weighted by molar-refractivity contribution is 5.95. The first-order chi connectivity index (χ1) is 7.38. The van der Waals surface area contributed by atoms with E-state index in [0.29, 0.717) is 11.8 Å². The van der Waals surface area contributed by atoms with E-state index in [1.54, 1.807) is 0 Å². The van der Waals surface area contributed by atoms with E-state index < -0.39 is 0 Å². The third-order valence-electron chi connectivity index (χ3n) is 5.27. The third-order valence-corrected chi connectivity index (χ3v) is 5.27. The largest absolute Gasteiger partial charge is 0.392 e. The van der Waals surface area contributed by atoms with Crippen molar-refractivity contribution in [3.05, 3.63) is 0 Å². The van der Waals surface area contributed by atoms with Gasteiger partial charge in [-0.15, -0.1) is 0 Å². The van der Waals surface area contributed by atoms with Gasteiger partial charge in [0.2, 0.25) is 0 Å². The summed E-state index contributed by atoms with van der Waals surface area (Å²) in [6.07, 6.45) is 2.70. The fourth-order valence-corrected chi connectivity index (χ4v) is 4.55. The Kier molecular flexibility index (Phi) is 1.73. The van der Waals surface area contributed by atoms with Gasteiger partial charge in [-0.3, -0.25) is 9.59 Å². The van der Waals surface area contributed by atoms with Crippen LogP contribution in [-0.2, 0) is 14.3 Å². The fourth-order valence-electron chi connectivity index (χ4n) is 4.55. The molecule has 2 aliphatic carbocycles. The topological polar surface area (TPSA) is 43.4 Å². The molecule has 1 aliphatic heterocycles. The molecule has 4 atom stereocenters. The molecule has 1 spiro atoms. The second kappa shape index (κ2) is 2.69. The Morgan fingerprint density at radius 2 is 1.94 bits per heavy atom. The van der Waals surface area contributed by atoms with Crippen LogP contribution in [0.3, 0.4) is 0 Å². The maximum Gasteiger partial charge on any atom is 0.320 e. The van der Waals surface area contributed by atoms with Crippen molar-refractivity contribution in [1.82, 2.24) is 0 Å². The van der Waals surface area contributed by atoms with Crippen LogP contribution in [0.1, 0.15) is 40.0 Å². The van der Waals surface area contributed by atoms with Gasteiger partial charge in [0.25, 0.3) is 0 Å². The summed E-state index contributed by atoms with van der Waals surface area (Å²) in [6.45, 7) is 6.45. The number of hydrogen-bond donors (Lipinski definition) is 0. The Morgan fingerprint density at radius 3 is 2.62 bits per heavy atom. The van der Waals surface area contributed by atoms with Crippen LogP contribution in [0.2, 0.25) is 0 Å². The molecule has 1 heterocycles. The second-order valence-electron chi connectivity index (χ2n) is 6.54. The Hall–Kier alpha value is -0.860. The summed E-state index contributed by atoms with van der Waals surface area (Å²) in [5, 5.41) is 0. The lowest BCUT2D eigenvalue weighted by atomic mass is 9.71. The van der Waals surface area contributed by atoms with E-state index in [0.717, 1.165) is 19.3 Å². The van der Waals surface area contributed by atoms with Gasteiger partial charge in [-0.1, -0.05) is 20.8 Å². The molecule has 88 valence electrons. The quantitative estimate of drug-likeness (QED) is 0.466. The smallest absolute Gasteiger partial charge is 0.320 e. The molecule has 1 saturated heterocycles. The molecule has 3 nitrogen and oxygen atoms in total. The zero-order chi connectivity index (χ0) is 11.7. The van der Waals surface area contributed by atoms with Gasteiger partial charge in [-0.2, -0.15) is 0 Å². The number of carbonyl (C=O) groups excluding carboxylic acids is 2. The highest BCUT2D eigenvalue weighted by Gasteiger charge is 2.70. The van der Waals surface area contributed by atoms with E-state index in [9.17, 15) is 9.59 Å². The first kappa shape index (κ1) is 10.3. The van der Waals surface area contributed by atoms with Crippen molar-refractivity contribution in [1.29, 1.82) is 0 Å². The van der Waals surface area contributed by atoms with Gasteiger partial charge in [0.15, 0.2) is 0 Å². The minimum absolute atomic E-state index is 0.0669. The van der Waals surface area contributed by atoms with Gasteiger partial charge in [0, 0.05) is 0 Å². The summed E-state index contributed by atoms with van der Waals surface area (Å²) in [5.74, 6) is 0.309. The summed E-state index contributed by atoms with van der Waals surface area (Å²) < 4.78 is 4.98. The number of ether oxygens (including phenoxy) is 1. The van der Waals surface area contributed by atoms with Gasteiger partial charge in [-0.05, 0) is 36.5 Å². The molecule has 0 aromatic carbocycles. The van der Waals surface area contributed by atoms with Gasteiger partial charge in [0.1, 0.15) is 0 Å². The van der Waals surface area contributed by atoms with Crippen LogP contribution in [-0.4, -0.2) is 11.9 Å². The van der Waals surface area contributed by atoms with Gasteiger partial charge in [-0.25, -0.2) is 0 Å². The van der Waals surface area contributed by atoms with Crippen molar-refractivity contribution < 1.29 is 14.3 Å². The lowest BCUT2D eigenvalue weighted by Gasteiger charge is -2.30. The molecule has 0 radical (unpaired) electrons. The minimum Gasteiger partial charge on any atom is -0.392 e. The van der Waals surface area contributed by atoms with E-state index in [1.807, 2.05) is 0 Å². The molecule has 0 aromatic rings. The number of esters is 2. The predicted molar refractivity (Wildman–Crippen MR) is 57.3 cm³/mol. The monoisotopic (exact) mass is 222 g/mol. The molecule has 0 aromatic heterocycles. The molecule has 2 bridgehead atoms. The van der Waals surface area contributed by atoms with Gasteiger partial charge >= 0.3 is 11.9 Å². The summed E-state index contributed by atoms with van der Waals surface area (Å²) in [4.78, 5) is 23.8. The normalized spacial score (nSPS) is 49.1. The summed E-state index contributed by atoms with van der Waals surface area (Å²) in [5.41, 5.74) is -0.407. The molecular weight excluding hydrogens is 204 g/mol. The van der Waals surface area contributed by atoms with Crippen LogP contribution in [0.15, 0.2) is 0 Å². The van der Waals surface area contributed by atoms with Crippen LogP contribution in [0.5, 0.6) is 0 Å². The Bertz CT molecular complexity index is 385. The van der Waals surface area contributed by atoms with Crippen molar-refractivity contribution in [2.24, 2.45) is 28.6 Å². The van der Waals surface area contributed by atoms with Crippen LogP contribution < -0.4 is 0 Å². The molecular formula is C13H18O3. The van der Waals surface area contributed by atoms with Crippen LogP contribution in [0, 0.1) is 28.6 Å². The number of carbonyl (C=O) groups is 2. The van der Waals surface area contributed by atoms with Crippen molar-refractivity contribution >= 4 is 11.9 Å². The fraction of sp³-hybridized carbons (Fsp3) is 0.846. The Labute approximate surface area is 95.5 Å². The molecule has 0 unspecified atom stereocenters. The Morgan fingerprint density at radius 1 is 1.25 bits per heavy atom. The van der Waals surface area contributed by atoms with Crippen molar-refractivity contribution in [2.75, 3.05) is 0 Å². The van der Waals surface area contributed by atoms with E-state index in [1.165, 1.54) is 0 Å². The lowest BCUT2D eigenvalue weighted by molar-refractivity contribution is -0.175. The van der Waals surface area contributed by atoms with E-state index in [4.69, 9.17) is 4.74 Å². The zero-order valence-electron chi connectivity index (χ0n) is 10.1. The van der Waals surface area contributed by atoms with Gasteiger partial charge < -0.3 is 4.74 Å². The number of cyclic esters (lactones) is 2. The molecule has 3 fully saturated rings. The lowest BCUT2D eigenvalue weighted by Crippen LogP contribution is -2.39. The first-order valence-corrected chi connectivity index (χ1v) is 6.14. The van der Waals surface area contributed by atoms with Crippen molar-refractivity contribution in [3.8, 4) is 0 Å². The standard InChI is InChI=1S/C13H18O3/c1-7-4-9-12(2,3)8-6-13(9,5-7)11(15)16-10(8)14/h7-9H,4-6H2,1-3H3/t7-,8+,9+,13+/m0/s1. The molecule has 2 saturated carbocycles. The number of rotatable bonds is 0. The third kappa shape index (κ3) is 0.950. The SMILES string of the molecule is C[C@H]1C[C@@H]2C(C)(C)[C@@H]3C[C@@]2(C1)C(=O)OC3=O. The molecule has 3 heteroatoms. The number of hydrogen-bond acceptors (Lipinski definition) is 3. The van der Waals surface area contributed by atoms with Gasteiger partial charge in [0.05, 0.1) is 11.3 Å². The van der Waals surface area contributed by atoms with Crippen LogP contribution in [0.4, 0.5) is 0 Å². The average Bonchev–Trinajstić information content (AvgIpc) is 2.58. The summed E-state index contributed by atoms with van der Waals surface area (Å²) in [6, 6.07) is 0. The van der Waals surface area contributed by atoms with E-state index >= 15 is 0 Å². The molecule has 0 amide bonds. The first-order valence-electron chi connectivity index (χ1n) is 6.14. The maximum atomic E-state index is 12.1. The predicted octanol–water partition coefficient (Wildman–Crippen LogP) is 2.15.